The highest BCUT2D eigenvalue weighted by atomic mass is 127. The summed E-state index contributed by atoms with van der Waals surface area (Å²) in [5, 5.41) is 6.70. The summed E-state index contributed by atoms with van der Waals surface area (Å²) in [6.07, 6.45) is 1.83. The van der Waals surface area contributed by atoms with Crippen molar-refractivity contribution in [3.05, 3.63) is 47.7 Å². The van der Waals surface area contributed by atoms with Crippen molar-refractivity contribution < 1.29 is 14.2 Å². The van der Waals surface area contributed by atoms with Crippen LogP contribution in [0.25, 0.3) is 0 Å². The van der Waals surface area contributed by atoms with E-state index in [1.165, 1.54) is 0 Å². The Morgan fingerprint density at radius 2 is 1.83 bits per heavy atom. The lowest BCUT2D eigenvalue weighted by molar-refractivity contribution is 0.122. The average Bonchev–Trinajstić information content (AvgIpc) is 2.80. The first-order chi connectivity index (χ1) is 14.2. The van der Waals surface area contributed by atoms with Gasteiger partial charge in [0.1, 0.15) is 17.3 Å². The summed E-state index contributed by atoms with van der Waals surface area (Å²) in [5.41, 5.74) is 2.14. The molecule has 1 aliphatic heterocycles. The van der Waals surface area contributed by atoms with E-state index in [1.54, 1.807) is 21.3 Å². The molecule has 0 spiro atoms. The second-order valence-corrected chi connectivity index (χ2v) is 6.54. The second kappa shape index (κ2) is 12.4. The number of hydrogen-bond acceptors (Lipinski definition) is 6. The van der Waals surface area contributed by atoms with Gasteiger partial charge >= 0.3 is 0 Å². The molecule has 0 radical (unpaired) electrons. The number of anilines is 1. The molecule has 1 saturated heterocycles. The van der Waals surface area contributed by atoms with Crippen molar-refractivity contribution in [2.45, 2.75) is 13.1 Å². The van der Waals surface area contributed by atoms with Crippen molar-refractivity contribution >= 4 is 35.8 Å². The van der Waals surface area contributed by atoms with Gasteiger partial charge in [0, 0.05) is 56.6 Å². The Labute approximate surface area is 195 Å². The molecule has 1 fully saturated rings. The molecule has 8 nitrogen and oxygen atoms in total. The van der Waals surface area contributed by atoms with Crippen molar-refractivity contribution in [2.24, 2.45) is 4.99 Å². The minimum Gasteiger partial charge on any atom is -0.497 e. The number of guanidine groups is 1. The largest absolute Gasteiger partial charge is 0.497 e. The fourth-order valence-electron chi connectivity index (χ4n) is 3.20. The van der Waals surface area contributed by atoms with E-state index in [2.05, 4.69) is 31.6 Å². The molecule has 164 valence electrons. The van der Waals surface area contributed by atoms with Gasteiger partial charge in [0.05, 0.1) is 27.4 Å². The molecule has 0 atom stereocenters. The number of morpholine rings is 1. The maximum absolute atomic E-state index is 5.46. The van der Waals surface area contributed by atoms with Crippen LogP contribution in [0.3, 0.4) is 0 Å². The van der Waals surface area contributed by atoms with E-state index in [1.807, 2.05) is 30.5 Å². The summed E-state index contributed by atoms with van der Waals surface area (Å²) < 4.78 is 16.2. The van der Waals surface area contributed by atoms with Gasteiger partial charge in [-0.1, -0.05) is 6.07 Å². The van der Waals surface area contributed by atoms with E-state index in [4.69, 9.17) is 14.2 Å². The van der Waals surface area contributed by atoms with Crippen LogP contribution >= 0.6 is 24.0 Å². The average molecular weight is 527 g/mol. The van der Waals surface area contributed by atoms with Crippen LogP contribution in [0.4, 0.5) is 5.82 Å². The van der Waals surface area contributed by atoms with Crippen molar-refractivity contribution in [2.75, 3.05) is 52.5 Å². The lowest BCUT2D eigenvalue weighted by Gasteiger charge is -2.29. The number of rotatable bonds is 7. The van der Waals surface area contributed by atoms with Gasteiger partial charge in [-0.15, -0.1) is 24.0 Å². The molecule has 0 saturated carbocycles. The van der Waals surface area contributed by atoms with Crippen LogP contribution in [0.1, 0.15) is 11.1 Å². The Bertz CT molecular complexity index is 828. The summed E-state index contributed by atoms with van der Waals surface area (Å²) >= 11 is 0. The van der Waals surface area contributed by atoms with Crippen molar-refractivity contribution in [3.63, 3.8) is 0 Å². The van der Waals surface area contributed by atoms with Crippen molar-refractivity contribution in [1.82, 2.24) is 15.6 Å². The van der Waals surface area contributed by atoms with E-state index >= 15 is 0 Å². The lowest BCUT2D eigenvalue weighted by atomic mass is 10.2. The zero-order valence-corrected chi connectivity index (χ0v) is 20.0. The first-order valence-electron chi connectivity index (χ1n) is 9.67. The molecule has 0 unspecified atom stereocenters. The van der Waals surface area contributed by atoms with E-state index in [0.717, 1.165) is 54.7 Å². The number of ether oxygens (including phenoxy) is 3. The number of pyridine rings is 1. The minimum absolute atomic E-state index is 0. The van der Waals surface area contributed by atoms with Crippen LogP contribution in [-0.2, 0) is 17.8 Å². The standard InChI is InChI=1S/C21H29N5O3.HI/c1-22-21(24-14-16-6-7-18(27-2)13-19(16)28-3)25-15-17-5-4-8-23-20(17)26-9-11-29-12-10-26;/h4-8,13H,9-12,14-15H2,1-3H3,(H2,22,24,25);1H. The molecule has 1 aliphatic rings. The number of benzene rings is 1. The maximum atomic E-state index is 5.46. The van der Waals surface area contributed by atoms with Gasteiger partial charge < -0.3 is 29.7 Å². The summed E-state index contributed by atoms with van der Waals surface area (Å²) in [4.78, 5) is 11.2. The molecule has 9 heteroatoms. The van der Waals surface area contributed by atoms with Gasteiger partial charge in [-0.25, -0.2) is 4.98 Å². The van der Waals surface area contributed by atoms with Gasteiger partial charge in [-0.05, 0) is 18.2 Å². The summed E-state index contributed by atoms with van der Waals surface area (Å²) in [6, 6.07) is 9.82. The molecule has 0 amide bonds. The lowest BCUT2D eigenvalue weighted by Crippen LogP contribution is -2.39. The normalized spacial score (nSPS) is 14.0. The first-order valence-corrected chi connectivity index (χ1v) is 9.67. The van der Waals surface area contributed by atoms with Crippen molar-refractivity contribution in [3.8, 4) is 11.5 Å². The molecule has 2 heterocycles. The highest BCUT2D eigenvalue weighted by molar-refractivity contribution is 14.0. The van der Waals surface area contributed by atoms with Crippen molar-refractivity contribution in [1.29, 1.82) is 0 Å². The molecule has 1 aromatic carbocycles. The Balaban J connectivity index is 0.00000320. The van der Waals surface area contributed by atoms with Crippen LogP contribution in [-0.4, -0.2) is 58.5 Å². The predicted octanol–water partition coefficient (Wildman–Crippen LogP) is 2.42. The molecule has 1 aromatic heterocycles. The summed E-state index contributed by atoms with van der Waals surface area (Å²) in [6.45, 7) is 4.38. The third-order valence-corrected chi connectivity index (χ3v) is 4.79. The molecule has 30 heavy (non-hydrogen) atoms. The Hall–Kier alpha value is -2.27. The zero-order valence-electron chi connectivity index (χ0n) is 17.7. The molecular weight excluding hydrogens is 497 g/mol. The third kappa shape index (κ3) is 6.36. The van der Waals surface area contributed by atoms with Crippen LogP contribution < -0.4 is 25.0 Å². The molecular formula is C21H30IN5O3. The number of nitrogens with one attached hydrogen (secondary N) is 2. The van der Waals surface area contributed by atoms with Crippen LogP contribution in [0.2, 0.25) is 0 Å². The summed E-state index contributed by atoms with van der Waals surface area (Å²) in [7, 11) is 5.05. The number of aromatic nitrogens is 1. The Morgan fingerprint density at radius 3 is 2.50 bits per heavy atom. The number of halogens is 1. The predicted molar refractivity (Wildman–Crippen MR) is 129 cm³/mol. The molecule has 2 N–H and O–H groups in total. The SMILES string of the molecule is CN=C(NCc1ccc(OC)cc1OC)NCc1cccnc1N1CCOCC1.I. The fraction of sp³-hybridized carbons (Fsp3) is 0.429. The Kier molecular flexibility index (Phi) is 9.95. The fourth-order valence-corrected chi connectivity index (χ4v) is 3.20. The van der Waals surface area contributed by atoms with Gasteiger partial charge in [-0.3, -0.25) is 4.99 Å². The minimum atomic E-state index is 0. The Morgan fingerprint density at radius 1 is 1.10 bits per heavy atom. The highest BCUT2D eigenvalue weighted by Gasteiger charge is 2.16. The maximum Gasteiger partial charge on any atom is 0.191 e. The second-order valence-electron chi connectivity index (χ2n) is 6.54. The summed E-state index contributed by atoms with van der Waals surface area (Å²) in [5.74, 6) is 3.24. The van der Waals surface area contributed by atoms with E-state index in [0.29, 0.717) is 19.0 Å². The zero-order chi connectivity index (χ0) is 20.5. The number of aliphatic imine (C=N–C) groups is 1. The molecule has 3 rings (SSSR count). The van der Waals surface area contributed by atoms with E-state index in [-0.39, 0.29) is 24.0 Å². The van der Waals surface area contributed by atoms with Gasteiger partial charge in [0.25, 0.3) is 0 Å². The monoisotopic (exact) mass is 527 g/mol. The quantitative estimate of drug-likeness (QED) is 0.325. The smallest absolute Gasteiger partial charge is 0.191 e. The third-order valence-electron chi connectivity index (χ3n) is 4.79. The topological polar surface area (TPSA) is 80.2 Å². The van der Waals surface area contributed by atoms with Crippen LogP contribution in [0.15, 0.2) is 41.5 Å². The molecule has 0 aliphatic carbocycles. The highest BCUT2D eigenvalue weighted by Crippen LogP contribution is 2.24. The van der Waals surface area contributed by atoms with Crippen LogP contribution in [0.5, 0.6) is 11.5 Å². The molecule has 2 aromatic rings. The first kappa shape index (κ1) is 24.0. The van der Waals surface area contributed by atoms with Gasteiger partial charge in [-0.2, -0.15) is 0 Å². The number of hydrogen-bond donors (Lipinski definition) is 2. The van der Waals surface area contributed by atoms with Gasteiger partial charge in [0.15, 0.2) is 5.96 Å². The van der Waals surface area contributed by atoms with E-state index < -0.39 is 0 Å². The van der Waals surface area contributed by atoms with Crippen LogP contribution in [0, 0.1) is 0 Å². The van der Waals surface area contributed by atoms with Gasteiger partial charge in [0.2, 0.25) is 0 Å². The number of nitrogens with zero attached hydrogens (tertiary/aromatic N) is 3. The molecule has 0 bridgehead atoms. The van der Waals surface area contributed by atoms with E-state index in [9.17, 15) is 0 Å². The number of methoxy groups -OCH3 is 2.